The first-order valence-corrected chi connectivity index (χ1v) is 10.4. The molecule has 10 heteroatoms. The largest absolute Gasteiger partial charge is 0.493 e. The summed E-state index contributed by atoms with van der Waals surface area (Å²) in [6, 6.07) is 11.3. The van der Waals surface area contributed by atoms with E-state index in [0.717, 1.165) is 0 Å². The van der Waals surface area contributed by atoms with Gasteiger partial charge in [0.2, 0.25) is 0 Å². The first-order chi connectivity index (χ1) is 15.8. The van der Waals surface area contributed by atoms with Crippen LogP contribution in [0.1, 0.15) is 44.4 Å². The minimum atomic E-state index is -0.693. The fraction of sp³-hybridized carbons (Fsp3) is 0.174. The van der Waals surface area contributed by atoms with E-state index in [-0.39, 0.29) is 28.2 Å². The number of ether oxygens (including phenoxy) is 2. The number of rotatable bonds is 6. The first-order valence-electron chi connectivity index (χ1n) is 10.00. The molecule has 0 saturated heterocycles. The molecule has 2 aromatic heterocycles. The summed E-state index contributed by atoms with van der Waals surface area (Å²) in [6.07, 6.45) is 0. The molecule has 0 saturated carbocycles. The van der Waals surface area contributed by atoms with Crippen molar-refractivity contribution in [2.24, 2.45) is 0 Å². The van der Waals surface area contributed by atoms with Crippen LogP contribution in [0.15, 0.2) is 52.1 Å². The van der Waals surface area contributed by atoms with Gasteiger partial charge in [-0.1, -0.05) is 23.7 Å². The number of carbonyl (C=O) groups excluding carboxylic acids is 1. The highest BCUT2D eigenvalue weighted by Gasteiger charge is 2.29. The van der Waals surface area contributed by atoms with E-state index < -0.39 is 11.9 Å². The molecule has 2 heterocycles. The Labute approximate surface area is 192 Å². The highest BCUT2D eigenvalue weighted by atomic mass is 35.5. The second kappa shape index (κ2) is 8.87. The summed E-state index contributed by atoms with van der Waals surface area (Å²) < 4.78 is 11.0. The average Bonchev–Trinajstić information content (AvgIpc) is 3.30. The van der Waals surface area contributed by atoms with E-state index in [9.17, 15) is 14.4 Å². The van der Waals surface area contributed by atoms with E-state index in [1.165, 1.54) is 13.2 Å². The normalized spacial score (nSPS) is 11.1. The maximum Gasteiger partial charge on any atom is 0.343 e. The van der Waals surface area contributed by atoms with Crippen molar-refractivity contribution in [3.05, 3.63) is 102 Å². The van der Waals surface area contributed by atoms with Crippen molar-refractivity contribution in [2.45, 2.75) is 19.8 Å². The van der Waals surface area contributed by atoms with Gasteiger partial charge in [-0.05, 0) is 49.7 Å². The van der Waals surface area contributed by atoms with Crippen molar-refractivity contribution in [2.75, 3.05) is 7.11 Å². The van der Waals surface area contributed by atoms with Crippen LogP contribution in [0.3, 0.4) is 0 Å². The van der Waals surface area contributed by atoms with E-state index in [2.05, 4.69) is 20.4 Å². The molecule has 0 radical (unpaired) electrons. The third kappa shape index (κ3) is 4.22. The van der Waals surface area contributed by atoms with Gasteiger partial charge in [0.25, 0.3) is 11.1 Å². The second-order valence-electron chi connectivity index (χ2n) is 7.48. The number of carbonyl (C=O) groups is 1. The molecule has 2 aromatic carbocycles. The van der Waals surface area contributed by atoms with Crippen LogP contribution in [0.4, 0.5) is 0 Å². The van der Waals surface area contributed by atoms with Gasteiger partial charge in [0, 0.05) is 22.3 Å². The number of hydrogen-bond acceptors (Lipinski definition) is 5. The third-order valence-electron chi connectivity index (χ3n) is 5.39. The number of methoxy groups -OCH3 is 1. The summed E-state index contributed by atoms with van der Waals surface area (Å²) in [5, 5.41) is 11.1. The zero-order valence-corrected chi connectivity index (χ0v) is 18.8. The SMILES string of the molecule is COc1cc(C(c2c(C)[nH][nH]c2=O)c2c(C)[nH][nH]c2=O)ccc1OC(=O)c1cccc(Cl)c1. The molecule has 4 N–H and O–H groups in total. The Morgan fingerprint density at radius 3 is 2.03 bits per heavy atom. The molecule has 170 valence electrons. The lowest BCUT2D eigenvalue weighted by molar-refractivity contribution is 0.0729. The average molecular weight is 469 g/mol. The Kier molecular flexibility index (Phi) is 5.97. The molecule has 0 unspecified atom stereocenters. The predicted molar refractivity (Wildman–Crippen MR) is 123 cm³/mol. The monoisotopic (exact) mass is 468 g/mol. The molecule has 4 rings (SSSR count). The fourth-order valence-corrected chi connectivity index (χ4v) is 4.00. The zero-order chi connectivity index (χ0) is 23.7. The van der Waals surface area contributed by atoms with Gasteiger partial charge in [-0.15, -0.1) is 0 Å². The third-order valence-corrected chi connectivity index (χ3v) is 5.62. The summed E-state index contributed by atoms with van der Waals surface area (Å²) in [5.74, 6) is -0.844. The van der Waals surface area contributed by atoms with Gasteiger partial charge in [-0.3, -0.25) is 19.8 Å². The summed E-state index contributed by atoms with van der Waals surface area (Å²) in [7, 11) is 1.44. The second-order valence-corrected chi connectivity index (χ2v) is 7.92. The van der Waals surface area contributed by atoms with Crippen molar-refractivity contribution < 1.29 is 14.3 Å². The number of H-pyrrole nitrogens is 4. The van der Waals surface area contributed by atoms with Crippen LogP contribution in [0.2, 0.25) is 5.02 Å². The van der Waals surface area contributed by atoms with Crippen molar-refractivity contribution in [1.82, 2.24) is 20.4 Å². The van der Waals surface area contributed by atoms with Crippen molar-refractivity contribution in [3.63, 3.8) is 0 Å². The van der Waals surface area contributed by atoms with E-state index in [1.807, 2.05) is 0 Å². The van der Waals surface area contributed by atoms with Crippen LogP contribution in [-0.4, -0.2) is 33.5 Å². The Morgan fingerprint density at radius 1 is 0.879 bits per heavy atom. The minimum absolute atomic E-state index is 0.185. The summed E-state index contributed by atoms with van der Waals surface area (Å²) >= 11 is 5.96. The molecule has 0 bridgehead atoms. The molecule has 0 spiro atoms. The van der Waals surface area contributed by atoms with E-state index in [4.69, 9.17) is 21.1 Å². The van der Waals surface area contributed by atoms with Crippen LogP contribution in [-0.2, 0) is 0 Å². The van der Waals surface area contributed by atoms with Gasteiger partial charge in [-0.25, -0.2) is 4.79 Å². The van der Waals surface area contributed by atoms with Crippen LogP contribution >= 0.6 is 11.6 Å². The number of halogens is 1. The molecule has 0 aliphatic carbocycles. The number of benzene rings is 2. The van der Waals surface area contributed by atoms with Crippen LogP contribution in [0, 0.1) is 13.8 Å². The number of esters is 1. The molecule has 0 aliphatic rings. The molecular formula is C23H21ClN4O5. The Balaban J connectivity index is 1.79. The van der Waals surface area contributed by atoms with Crippen LogP contribution in [0.5, 0.6) is 11.5 Å². The zero-order valence-electron chi connectivity index (χ0n) is 18.0. The highest BCUT2D eigenvalue weighted by Crippen LogP contribution is 2.37. The quantitative estimate of drug-likeness (QED) is 0.254. The molecular weight excluding hydrogens is 448 g/mol. The lowest BCUT2D eigenvalue weighted by Crippen LogP contribution is -2.20. The van der Waals surface area contributed by atoms with Gasteiger partial charge in [0.15, 0.2) is 11.5 Å². The molecule has 0 atom stereocenters. The number of aryl methyl sites for hydroxylation is 2. The van der Waals surface area contributed by atoms with Crippen LogP contribution < -0.4 is 20.6 Å². The topological polar surface area (TPSA) is 133 Å². The van der Waals surface area contributed by atoms with Gasteiger partial charge < -0.3 is 19.7 Å². The number of hydrogen-bond donors (Lipinski definition) is 4. The summed E-state index contributed by atoms with van der Waals surface area (Å²) in [4.78, 5) is 37.8. The molecule has 0 amide bonds. The lowest BCUT2D eigenvalue weighted by Gasteiger charge is -2.18. The molecule has 0 fully saturated rings. The minimum Gasteiger partial charge on any atom is -0.493 e. The van der Waals surface area contributed by atoms with Crippen molar-refractivity contribution >= 4 is 17.6 Å². The predicted octanol–water partition coefficient (Wildman–Crippen LogP) is 3.40. The van der Waals surface area contributed by atoms with Gasteiger partial charge in [0.1, 0.15) is 0 Å². The van der Waals surface area contributed by atoms with Crippen molar-refractivity contribution in [1.29, 1.82) is 0 Å². The molecule has 9 nitrogen and oxygen atoms in total. The molecule has 4 aromatic rings. The number of aromatic amines is 4. The van der Waals surface area contributed by atoms with E-state index in [0.29, 0.717) is 33.1 Å². The number of aromatic nitrogens is 4. The molecule has 33 heavy (non-hydrogen) atoms. The smallest absolute Gasteiger partial charge is 0.343 e. The maximum atomic E-state index is 12.6. The standard InChI is InChI=1S/C23H21ClN4O5/c1-11-18(21(29)27-25-11)20(19-12(2)26-28-22(19)30)13-7-8-16(17(10-13)32-3)33-23(31)14-5-4-6-15(24)9-14/h4-10,20H,1-3H3,(H2,25,27,29)(H2,26,28,30). The molecule has 0 aliphatic heterocycles. The van der Waals surface area contributed by atoms with E-state index in [1.54, 1.807) is 50.2 Å². The van der Waals surface area contributed by atoms with Crippen molar-refractivity contribution in [3.8, 4) is 11.5 Å². The Hall–Kier alpha value is -3.98. The highest BCUT2D eigenvalue weighted by molar-refractivity contribution is 6.30. The number of nitrogens with one attached hydrogen (secondary N) is 4. The van der Waals surface area contributed by atoms with Gasteiger partial charge in [0.05, 0.1) is 23.8 Å². The Morgan fingerprint density at radius 2 is 1.52 bits per heavy atom. The van der Waals surface area contributed by atoms with Gasteiger partial charge in [-0.2, -0.15) is 0 Å². The van der Waals surface area contributed by atoms with Gasteiger partial charge >= 0.3 is 5.97 Å². The van der Waals surface area contributed by atoms with E-state index >= 15 is 0 Å². The maximum absolute atomic E-state index is 12.6. The van der Waals surface area contributed by atoms with Crippen LogP contribution in [0.25, 0.3) is 0 Å². The first kappa shape index (κ1) is 22.2. The summed E-state index contributed by atoms with van der Waals surface area (Å²) in [6.45, 7) is 3.49. The fourth-order valence-electron chi connectivity index (χ4n) is 3.81. The Bertz CT molecular complexity index is 1390. The summed E-state index contributed by atoms with van der Waals surface area (Å²) in [5.41, 5.74) is 2.20. The lowest BCUT2D eigenvalue weighted by atomic mass is 9.85.